The zero-order valence-electron chi connectivity index (χ0n) is 17.2. The van der Waals surface area contributed by atoms with Crippen molar-refractivity contribution in [3.05, 3.63) is 0 Å². The van der Waals surface area contributed by atoms with Crippen LogP contribution in [-0.4, -0.2) is 23.7 Å². The first kappa shape index (κ1) is 18.8. The molecule has 4 fully saturated rings. The second-order valence-corrected chi connectivity index (χ2v) is 10.9. The highest BCUT2D eigenvalue weighted by Gasteiger charge is 2.59. The number of aliphatic hydroxyl groups is 1. The summed E-state index contributed by atoms with van der Waals surface area (Å²) in [5, 5.41) is 13.9. The molecule has 4 aliphatic rings. The summed E-state index contributed by atoms with van der Waals surface area (Å²) in [7, 11) is 0. The van der Waals surface area contributed by atoms with E-state index in [9.17, 15) is 9.90 Å². The van der Waals surface area contributed by atoms with Crippen LogP contribution in [-0.2, 0) is 4.79 Å². The number of carbonyl (C=O) groups is 1. The topological polar surface area (TPSA) is 49.3 Å². The Kier molecular flexibility index (Phi) is 4.69. The second-order valence-electron chi connectivity index (χ2n) is 10.9. The molecule has 1 amide bonds. The molecule has 3 atom stereocenters. The van der Waals surface area contributed by atoms with Crippen LogP contribution in [0, 0.1) is 34.0 Å². The van der Waals surface area contributed by atoms with Gasteiger partial charge in [-0.25, -0.2) is 0 Å². The Morgan fingerprint density at radius 3 is 2.27 bits per heavy atom. The molecule has 26 heavy (non-hydrogen) atoms. The fourth-order valence-corrected chi connectivity index (χ4v) is 6.56. The van der Waals surface area contributed by atoms with Crippen molar-refractivity contribution in [1.82, 2.24) is 5.32 Å². The monoisotopic (exact) mass is 361 g/mol. The minimum Gasteiger partial charge on any atom is -0.392 e. The third-order valence-corrected chi connectivity index (χ3v) is 9.48. The molecule has 2 spiro atoms. The van der Waals surface area contributed by atoms with E-state index in [-0.39, 0.29) is 29.3 Å². The van der Waals surface area contributed by atoms with Crippen molar-refractivity contribution in [1.29, 1.82) is 0 Å². The molecule has 0 bridgehead atoms. The van der Waals surface area contributed by atoms with E-state index in [4.69, 9.17) is 0 Å². The maximum absolute atomic E-state index is 12.7. The number of aliphatic hydroxyl groups excluding tert-OH is 1. The number of rotatable bonds is 5. The quantitative estimate of drug-likeness (QED) is 0.747. The van der Waals surface area contributed by atoms with E-state index in [0.29, 0.717) is 17.4 Å². The second kappa shape index (κ2) is 6.50. The lowest BCUT2D eigenvalue weighted by molar-refractivity contribution is -0.124. The molecular weight excluding hydrogens is 322 g/mol. The van der Waals surface area contributed by atoms with E-state index in [1.807, 2.05) is 0 Å². The minimum absolute atomic E-state index is 0.184. The van der Waals surface area contributed by atoms with Crippen LogP contribution in [0.15, 0.2) is 0 Å². The zero-order valence-corrected chi connectivity index (χ0v) is 17.2. The predicted molar refractivity (Wildman–Crippen MR) is 105 cm³/mol. The molecule has 0 aromatic carbocycles. The van der Waals surface area contributed by atoms with Gasteiger partial charge in [0.15, 0.2) is 0 Å². The standard InChI is InChI=1S/C23H39NO2/c1-4-21(2,3)17-7-12-23(13-8-17)14-18(23)20(26)24-15-16-6-11-22(19(16)25)9-5-10-22/h16-19,25H,4-15H2,1-3H3,(H,24,26). The Morgan fingerprint density at radius 1 is 1.08 bits per heavy atom. The molecule has 3 heteroatoms. The number of carbonyl (C=O) groups excluding carboxylic acids is 1. The summed E-state index contributed by atoms with van der Waals surface area (Å²) < 4.78 is 0. The van der Waals surface area contributed by atoms with E-state index in [0.717, 1.165) is 25.2 Å². The van der Waals surface area contributed by atoms with Gasteiger partial charge in [-0.05, 0) is 80.0 Å². The third-order valence-electron chi connectivity index (χ3n) is 9.48. The van der Waals surface area contributed by atoms with Crippen molar-refractivity contribution >= 4 is 5.91 Å². The number of nitrogens with one attached hydrogen (secondary N) is 1. The summed E-state index contributed by atoms with van der Waals surface area (Å²) >= 11 is 0. The molecule has 4 saturated carbocycles. The van der Waals surface area contributed by atoms with E-state index in [2.05, 4.69) is 26.1 Å². The van der Waals surface area contributed by atoms with E-state index in [1.165, 1.54) is 51.4 Å². The van der Waals surface area contributed by atoms with Crippen molar-refractivity contribution in [2.75, 3.05) is 6.54 Å². The highest BCUT2D eigenvalue weighted by molar-refractivity contribution is 5.82. The molecule has 0 radical (unpaired) electrons. The minimum atomic E-state index is -0.184. The molecule has 4 aliphatic carbocycles. The summed E-state index contributed by atoms with van der Waals surface area (Å²) in [6, 6.07) is 0. The molecule has 0 heterocycles. The first-order valence-electron chi connectivity index (χ1n) is 11.3. The van der Waals surface area contributed by atoms with E-state index in [1.54, 1.807) is 0 Å². The Labute approximate surface area is 159 Å². The summed E-state index contributed by atoms with van der Waals surface area (Å²) in [5.74, 6) is 1.65. The maximum Gasteiger partial charge on any atom is 0.223 e. The molecule has 4 rings (SSSR count). The fraction of sp³-hybridized carbons (Fsp3) is 0.957. The Hall–Kier alpha value is -0.570. The van der Waals surface area contributed by atoms with Gasteiger partial charge in [0.2, 0.25) is 5.91 Å². The zero-order chi connectivity index (χ0) is 18.6. The SMILES string of the molecule is CCC(C)(C)C1CCC2(CC1)CC2C(=O)NCC1CCC2(CCC2)C1O. The van der Waals surface area contributed by atoms with Crippen LogP contribution in [0.3, 0.4) is 0 Å². The van der Waals surface area contributed by atoms with Gasteiger partial charge in [-0.1, -0.05) is 33.6 Å². The van der Waals surface area contributed by atoms with Gasteiger partial charge in [0, 0.05) is 18.4 Å². The molecule has 2 N–H and O–H groups in total. The Bertz CT molecular complexity index is 542. The van der Waals surface area contributed by atoms with Gasteiger partial charge >= 0.3 is 0 Å². The van der Waals surface area contributed by atoms with Crippen LogP contribution in [0.4, 0.5) is 0 Å². The maximum atomic E-state index is 12.7. The van der Waals surface area contributed by atoms with Crippen LogP contribution >= 0.6 is 0 Å². The van der Waals surface area contributed by atoms with Gasteiger partial charge in [-0.3, -0.25) is 4.79 Å². The summed E-state index contributed by atoms with van der Waals surface area (Å²) in [6.07, 6.45) is 13.2. The molecular formula is C23H39NO2. The predicted octanol–water partition coefficient (Wildman–Crippen LogP) is 4.68. The smallest absolute Gasteiger partial charge is 0.223 e. The highest BCUT2D eigenvalue weighted by Crippen LogP contribution is 2.63. The molecule has 148 valence electrons. The number of hydrogen-bond donors (Lipinski definition) is 2. The third kappa shape index (κ3) is 3.02. The molecule has 0 saturated heterocycles. The van der Waals surface area contributed by atoms with Crippen molar-refractivity contribution in [2.45, 2.75) is 97.5 Å². The number of hydrogen-bond acceptors (Lipinski definition) is 2. The fourth-order valence-electron chi connectivity index (χ4n) is 6.56. The lowest BCUT2D eigenvalue weighted by Crippen LogP contribution is -2.42. The van der Waals surface area contributed by atoms with Crippen molar-refractivity contribution in [3.63, 3.8) is 0 Å². The van der Waals surface area contributed by atoms with Gasteiger partial charge < -0.3 is 10.4 Å². The first-order valence-corrected chi connectivity index (χ1v) is 11.3. The average Bonchev–Trinajstić information content (AvgIpc) is 3.17. The van der Waals surface area contributed by atoms with Gasteiger partial charge in [-0.2, -0.15) is 0 Å². The molecule has 3 unspecified atom stereocenters. The summed E-state index contributed by atoms with van der Waals surface area (Å²) in [4.78, 5) is 12.7. The van der Waals surface area contributed by atoms with Gasteiger partial charge in [0.05, 0.1) is 6.10 Å². The molecule has 0 aromatic rings. The lowest BCUT2D eigenvalue weighted by atomic mass is 9.65. The van der Waals surface area contributed by atoms with Crippen LogP contribution in [0.25, 0.3) is 0 Å². The Morgan fingerprint density at radius 2 is 1.73 bits per heavy atom. The molecule has 3 nitrogen and oxygen atoms in total. The largest absolute Gasteiger partial charge is 0.392 e. The van der Waals surface area contributed by atoms with E-state index >= 15 is 0 Å². The van der Waals surface area contributed by atoms with Crippen LogP contribution in [0.1, 0.15) is 91.4 Å². The van der Waals surface area contributed by atoms with Crippen molar-refractivity contribution in [3.8, 4) is 0 Å². The van der Waals surface area contributed by atoms with Gasteiger partial charge in [-0.15, -0.1) is 0 Å². The van der Waals surface area contributed by atoms with Gasteiger partial charge in [0.1, 0.15) is 0 Å². The van der Waals surface area contributed by atoms with Crippen LogP contribution < -0.4 is 5.32 Å². The van der Waals surface area contributed by atoms with E-state index < -0.39 is 0 Å². The normalized spacial score (nSPS) is 41.2. The highest BCUT2D eigenvalue weighted by atomic mass is 16.3. The Balaban J connectivity index is 1.24. The van der Waals surface area contributed by atoms with Gasteiger partial charge in [0.25, 0.3) is 0 Å². The van der Waals surface area contributed by atoms with Crippen molar-refractivity contribution < 1.29 is 9.90 Å². The molecule has 0 aliphatic heterocycles. The summed E-state index contributed by atoms with van der Waals surface area (Å²) in [6.45, 7) is 7.83. The van der Waals surface area contributed by atoms with Crippen LogP contribution in [0.2, 0.25) is 0 Å². The number of amides is 1. The summed E-state index contributed by atoms with van der Waals surface area (Å²) in [5.41, 5.74) is 0.999. The lowest BCUT2D eigenvalue weighted by Gasteiger charge is -2.42. The average molecular weight is 362 g/mol. The van der Waals surface area contributed by atoms with Crippen LogP contribution in [0.5, 0.6) is 0 Å². The first-order chi connectivity index (χ1) is 12.3. The van der Waals surface area contributed by atoms with Crippen molar-refractivity contribution in [2.24, 2.45) is 34.0 Å². The molecule has 0 aromatic heterocycles.